The zero-order chi connectivity index (χ0) is 15.6. The fraction of sp³-hybridized carbons (Fsp3) is 0.545. The van der Waals surface area contributed by atoms with Gasteiger partial charge in [-0.05, 0) is 67.9 Å². The van der Waals surface area contributed by atoms with Crippen molar-refractivity contribution in [1.29, 1.82) is 0 Å². The standard InChI is InChI=1S/C22H32/c1-3-5-7-9-19-11-15-21(16-12-19)22-17-13-20(14-18-22)10-8-6-4-2/h3,5,7,13-14,17-19,21H,1,4,6,8-12,15-16H2,2H3. The van der Waals surface area contributed by atoms with Gasteiger partial charge < -0.3 is 0 Å². The SMILES string of the molecule is C=CC=CCC1CCC(c2ccc(CCCCC)cc2)CC1. The number of rotatable bonds is 8. The van der Waals surface area contributed by atoms with Crippen LogP contribution in [-0.2, 0) is 6.42 Å². The van der Waals surface area contributed by atoms with Crippen LogP contribution in [0.5, 0.6) is 0 Å². The molecule has 1 aromatic carbocycles. The normalized spacial score (nSPS) is 22.0. The van der Waals surface area contributed by atoms with E-state index in [4.69, 9.17) is 0 Å². The van der Waals surface area contributed by atoms with Crippen molar-refractivity contribution in [2.45, 2.75) is 70.6 Å². The predicted molar refractivity (Wildman–Crippen MR) is 98.3 cm³/mol. The Morgan fingerprint density at radius 1 is 1.05 bits per heavy atom. The number of aryl methyl sites for hydroxylation is 1. The molecule has 1 saturated carbocycles. The van der Waals surface area contributed by atoms with E-state index in [9.17, 15) is 0 Å². The van der Waals surface area contributed by atoms with Crippen molar-refractivity contribution in [3.8, 4) is 0 Å². The van der Waals surface area contributed by atoms with Gasteiger partial charge in [0.1, 0.15) is 0 Å². The van der Waals surface area contributed by atoms with E-state index in [0.717, 1.165) is 11.8 Å². The van der Waals surface area contributed by atoms with E-state index in [0.29, 0.717) is 0 Å². The highest BCUT2D eigenvalue weighted by molar-refractivity contribution is 5.26. The Bertz CT molecular complexity index is 443. The zero-order valence-electron chi connectivity index (χ0n) is 14.3. The summed E-state index contributed by atoms with van der Waals surface area (Å²) in [5.74, 6) is 1.69. The monoisotopic (exact) mass is 296 g/mol. The summed E-state index contributed by atoms with van der Waals surface area (Å²) in [6, 6.07) is 9.52. The van der Waals surface area contributed by atoms with E-state index in [2.05, 4.69) is 49.9 Å². The average molecular weight is 296 g/mol. The molecule has 0 amide bonds. The molecule has 22 heavy (non-hydrogen) atoms. The largest absolute Gasteiger partial charge is 0.0991 e. The van der Waals surface area contributed by atoms with Crippen molar-refractivity contribution < 1.29 is 0 Å². The Morgan fingerprint density at radius 2 is 1.77 bits per heavy atom. The summed E-state index contributed by atoms with van der Waals surface area (Å²) in [6.07, 6.45) is 18.2. The molecule has 0 heteroatoms. The van der Waals surface area contributed by atoms with Crippen LogP contribution in [0.15, 0.2) is 49.1 Å². The molecule has 1 aliphatic carbocycles. The van der Waals surface area contributed by atoms with E-state index in [1.807, 2.05) is 6.08 Å². The predicted octanol–water partition coefficient (Wildman–Crippen LogP) is 6.83. The Morgan fingerprint density at radius 3 is 2.41 bits per heavy atom. The van der Waals surface area contributed by atoms with Gasteiger partial charge in [0.05, 0.1) is 0 Å². The first-order valence-corrected chi connectivity index (χ1v) is 9.20. The minimum absolute atomic E-state index is 0.796. The third-order valence-electron chi connectivity index (χ3n) is 5.11. The van der Waals surface area contributed by atoms with E-state index < -0.39 is 0 Å². The number of allylic oxidation sites excluding steroid dienone is 3. The first-order valence-electron chi connectivity index (χ1n) is 9.20. The topological polar surface area (TPSA) is 0 Å². The molecule has 0 radical (unpaired) electrons. The lowest BCUT2D eigenvalue weighted by molar-refractivity contribution is 0.328. The van der Waals surface area contributed by atoms with Crippen molar-refractivity contribution in [3.05, 3.63) is 60.2 Å². The lowest BCUT2D eigenvalue weighted by Gasteiger charge is -2.28. The van der Waals surface area contributed by atoms with Crippen LogP contribution in [0.25, 0.3) is 0 Å². The summed E-state index contributed by atoms with van der Waals surface area (Å²) in [7, 11) is 0. The molecule has 1 aliphatic rings. The maximum Gasteiger partial charge on any atom is -0.0162 e. The van der Waals surface area contributed by atoms with Crippen molar-refractivity contribution >= 4 is 0 Å². The molecule has 120 valence electrons. The molecule has 0 bridgehead atoms. The molecule has 0 spiro atoms. The summed E-state index contributed by atoms with van der Waals surface area (Å²) < 4.78 is 0. The van der Waals surface area contributed by atoms with Crippen LogP contribution in [0.4, 0.5) is 0 Å². The zero-order valence-corrected chi connectivity index (χ0v) is 14.3. The van der Waals surface area contributed by atoms with Crippen molar-refractivity contribution in [1.82, 2.24) is 0 Å². The van der Waals surface area contributed by atoms with Gasteiger partial charge in [-0.15, -0.1) is 0 Å². The minimum atomic E-state index is 0.796. The van der Waals surface area contributed by atoms with Crippen LogP contribution in [0.2, 0.25) is 0 Å². The highest BCUT2D eigenvalue weighted by atomic mass is 14.3. The van der Waals surface area contributed by atoms with Gasteiger partial charge in [0, 0.05) is 0 Å². The van der Waals surface area contributed by atoms with Gasteiger partial charge in [-0.2, -0.15) is 0 Å². The van der Waals surface area contributed by atoms with E-state index in [1.165, 1.54) is 63.4 Å². The molecule has 0 aliphatic heterocycles. The molecule has 1 fully saturated rings. The first-order chi connectivity index (χ1) is 10.8. The van der Waals surface area contributed by atoms with Gasteiger partial charge >= 0.3 is 0 Å². The minimum Gasteiger partial charge on any atom is -0.0991 e. The van der Waals surface area contributed by atoms with Gasteiger partial charge in [-0.3, -0.25) is 0 Å². The van der Waals surface area contributed by atoms with Crippen molar-refractivity contribution in [2.24, 2.45) is 5.92 Å². The van der Waals surface area contributed by atoms with Crippen LogP contribution in [-0.4, -0.2) is 0 Å². The summed E-state index contributed by atoms with van der Waals surface area (Å²) >= 11 is 0. The maximum absolute atomic E-state index is 3.74. The second-order valence-electron chi connectivity index (χ2n) is 6.82. The summed E-state index contributed by atoms with van der Waals surface area (Å²) in [4.78, 5) is 0. The van der Waals surface area contributed by atoms with Crippen LogP contribution in [0.1, 0.15) is 75.3 Å². The van der Waals surface area contributed by atoms with Crippen LogP contribution < -0.4 is 0 Å². The second-order valence-corrected chi connectivity index (χ2v) is 6.82. The Kier molecular flexibility index (Phi) is 7.49. The third-order valence-corrected chi connectivity index (χ3v) is 5.11. The van der Waals surface area contributed by atoms with Crippen LogP contribution >= 0.6 is 0 Å². The summed E-state index contributed by atoms with van der Waals surface area (Å²) in [6.45, 7) is 6.01. The average Bonchev–Trinajstić information content (AvgIpc) is 2.57. The fourth-order valence-corrected chi connectivity index (χ4v) is 3.63. The van der Waals surface area contributed by atoms with Gasteiger partial charge in [0.2, 0.25) is 0 Å². The van der Waals surface area contributed by atoms with Crippen LogP contribution in [0.3, 0.4) is 0 Å². The van der Waals surface area contributed by atoms with E-state index in [1.54, 1.807) is 5.56 Å². The quantitative estimate of drug-likeness (QED) is 0.364. The summed E-state index contributed by atoms with van der Waals surface area (Å²) in [5.41, 5.74) is 3.08. The number of hydrogen-bond acceptors (Lipinski definition) is 0. The van der Waals surface area contributed by atoms with Crippen LogP contribution in [0, 0.1) is 5.92 Å². The molecular formula is C22H32. The Balaban J connectivity index is 1.78. The van der Waals surface area contributed by atoms with Gasteiger partial charge in [-0.1, -0.05) is 68.8 Å². The fourth-order valence-electron chi connectivity index (χ4n) is 3.63. The second kappa shape index (κ2) is 9.66. The van der Waals surface area contributed by atoms with Gasteiger partial charge in [0.15, 0.2) is 0 Å². The first kappa shape index (κ1) is 17.1. The molecule has 0 aromatic heterocycles. The third kappa shape index (κ3) is 5.48. The van der Waals surface area contributed by atoms with E-state index in [-0.39, 0.29) is 0 Å². The molecule has 0 N–H and O–H groups in total. The number of unbranched alkanes of at least 4 members (excludes halogenated alkanes) is 2. The molecule has 0 heterocycles. The Hall–Kier alpha value is -1.30. The Labute approximate surface area is 137 Å². The number of hydrogen-bond donors (Lipinski definition) is 0. The van der Waals surface area contributed by atoms with Crippen molar-refractivity contribution in [2.75, 3.05) is 0 Å². The maximum atomic E-state index is 3.74. The summed E-state index contributed by atoms with van der Waals surface area (Å²) in [5, 5.41) is 0. The lowest BCUT2D eigenvalue weighted by atomic mass is 9.77. The number of benzene rings is 1. The molecule has 2 rings (SSSR count). The van der Waals surface area contributed by atoms with Crippen molar-refractivity contribution in [3.63, 3.8) is 0 Å². The molecular weight excluding hydrogens is 264 g/mol. The molecule has 0 nitrogen and oxygen atoms in total. The highest BCUT2D eigenvalue weighted by Crippen LogP contribution is 2.37. The smallest absolute Gasteiger partial charge is 0.0162 e. The molecule has 1 aromatic rings. The molecule has 0 atom stereocenters. The van der Waals surface area contributed by atoms with Gasteiger partial charge in [0.25, 0.3) is 0 Å². The van der Waals surface area contributed by atoms with Gasteiger partial charge in [-0.25, -0.2) is 0 Å². The van der Waals surface area contributed by atoms with E-state index >= 15 is 0 Å². The molecule has 0 unspecified atom stereocenters. The lowest BCUT2D eigenvalue weighted by Crippen LogP contribution is -2.12. The highest BCUT2D eigenvalue weighted by Gasteiger charge is 2.21. The molecule has 0 saturated heterocycles.